The third-order valence-electron chi connectivity index (χ3n) is 3.47. The molecule has 0 saturated carbocycles. The van der Waals surface area contributed by atoms with Crippen molar-refractivity contribution in [3.8, 4) is 11.4 Å². The standard InChI is InChI=1S/C13H17N5O/c14-12-3-1-11(2-4-12)13-15-16-17-18(13)7-5-10-6-8-19-9-10/h1-4,10H,5-9,14H2. The summed E-state index contributed by atoms with van der Waals surface area (Å²) in [6.45, 7) is 2.56. The summed E-state index contributed by atoms with van der Waals surface area (Å²) in [5, 5.41) is 11.9. The summed E-state index contributed by atoms with van der Waals surface area (Å²) in [5.41, 5.74) is 7.42. The summed E-state index contributed by atoms with van der Waals surface area (Å²) in [4.78, 5) is 0. The maximum atomic E-state index is 5.69. The number of tetrazole rings is 1. The molecule has 6 heteroatoms. The average molecular weight is 259 g/mol. The van der Waals surface area contributed by atoms with Gasteiger partial charge in [0.25, 0.3) is 0 Å². The van der Waals surface area contributed by atoms with Crippen molar-refractivity contribution < 1.29 is 4.74 Å². The topological polar surface area (TPSA) is 78.9 Å². The van der Waals surface area contributed by atoms with E-state index >= 15 is 0 Å². The van der Waals surface area contributed by atoms with Gasteiger partial charge in [-0.15, -0.1) is 5.10 Å². The van der Waals surface area contributed by atoms with Gasteiger partial charge in [-0.2, -0.15) is 0 Å². The molecule has 1 atom stereocenters. The Morgan fingerprint density at radius 1 is 1.32 bits per heavy atom. The molecule has 2 N–H and O–H groups in total. The maximum absolute atomic E-state index is 5.69. The Morgan fingerprint density at radius 3 is 2.89 bits per heavy atom. The smallest absolute Gasteiger partial charge is 0.182 e. The van der Waals surface area contributed by atoms with Crippen LogP contribution in [-0.4, -0.2) is 33.4 Å². The Labute approximate surface area is 111 Å². The summed E-state index contributed by atoms with van der Waals surface area (Å²) in [7, 11) is 0. The van der Waals surface area contributed by atoms with Crippen molar-refractivity contribution in [2.75, 3.05) is 18.9 Å². The van der Waals surface area contributed by atoms with Crippen LogP contribution in [0.25, 0.3) is 11.4 Å². The van der Waals surface area contributed by atoms with E-state index < -0.39 is 0 Å². The number of ether oxygens (including phenoxy) is 1. The van der Waals surface area contributed by atoms with Crippen molar-refractivity contribution in [2.24, 2.45) is 5.92 Å². The highest BCUT2D eigenvalue weighted by molar-refractivity contribution is 5.58. The van der Waals surface area contributed by atoms with Gasteiger partial charge >= 0.3 is 0 Å². The highest BCUT2D eigenvalue weighted by Crippen LogP contribution is 2.20. The molecule has 2 heterocycles. The van der Waals surface area contributed by atoms with E-state index in [0.717, 1.165) is 49.7 Å². The molecule has 0 aliphatic carbocycles. The van der Waals surface area contributed by atoms with Crippen LogP contribution in [0, 0.1) is 5.92 Å². The lowest BCUT2D eigenvalue weighted by Crippen LogP contribution is -2.09. The van der Waals surface area contributed by atoms with Crippen molar-refractivity contribution >= 4 is 5.69 Å². The van der Waals surface area contributed by atoms with Gasteiger partial charge < -0.3 is 10.5 Å². The summed E-state index contributed by atoms with van der Waals surface area (Å²) < 4.78 is 7.23. The average Bonchev–Trinajstić information content (AvgIpc) is 3.08. The van der Waals surface area contributed by atoms with Crippen LogP contribution in [0.5, 0.6) is 0 Å². The van der Waals surface area contributed by atoms with Gasteiger partial charge in [-0.3, -0.25) is 0 Å². The molecule has 1 unspecified atom stereocenters. The monoisotopic (exact) mass is 259 g/mol. The minimum Gasteiger partial charge on any atom is -0.399 e. The molecule has 19 heavy (non-hydrogen) atoms. The van der Waals surface area contributed by atoms with E-state index in [0.29, 0.717) is 5.92 Å². The van der Waals surface area contributed by atoms with Gasteiger partial charge in [-0.05, 0) is 53.5 Å². The third-order valence-corrected chi connectivity index (χ3v) is 3.47. The molecule has 0 radical (unpaired) electrons. The number of nitrogen functional groups attached to an aromatic ring is 1. The van der Waals surface area contributed by atoms with Crippen molar-refractivity contribution in [1.82, 2.24) is 20.2 Å². The highest BCUT2D eigenvalue weighted by atomic mass is 16.5. The Bertz CT molecular complexity index is 530. The molecule has 1 aromatic carbocycles. The second-order valence-electron chi connectivity index (χ2n) is 4.87. The lowest BCUT2D eigenvalue weighted by molar-refractivity contribution is 0.183. The Morgan fingerprint density at radius 2 is 2.16 bits per heavy atom. The Kier molecular flexibility index (Phi) is 3.41. The van der Waals surface area contributed by atoms with Gasteiger partial charge in [-0.25, -0.2) is 4.68 Å². The fourth-order valence-electron chi connectivity index (χ4n) is 2.31. The second-order valence-corrected chi connectivity index (χ2v) is 4.87. The lowest BCUT2D eigenvalue weighted by atomic mass is 10.1. The van der Waals surface area contributed by atoms with Crippen LogP contribution in [0.15, 0.2) is 24.3 Å². The number of aryl methyl sites for hydroxylation is 1. The highest BCUT2D eigenvalue weighted by Gasteiger charge is 2.17. The van der Waals surface area contributed by atoms with E-state index in [4.69, 9.17) is 10.5 Å². The molecule has 1 aliphatic rings. The summed E-state index contributed by atoms with van der Waals surface area (Å²) in [5.74, 6) is 1.42. The number of benzene rings is 1. The van der Waals surface area contributed by atoms with Gasteiger partial charge in [0.2, 0.25) is 0 Å². The quantitative estimate of drug-likeness (QED) is 0.838. The van der Waals surface area contributed by atoms with Crippen molar-refractivity contribution in [2.45, 2.75) is 19.4 Å². The molecule has 100 valence electrons. The normalized spacial score (nSPS) is 18.8. The fourth-order valence-corrected chi connectivity index (χ4v) is 2.31. The lowest BCUT2D eigenvalue weighted by Gasteiger charge is -2.08. The number of hydrogen-bond acceptors (Lipinski definition) is 5. The minimum absolute atomic E-state index is 0.628. The van der Waals surface area contributed by atoms with E-state index in [2.05, 4.69) is 15.5 Å². The second kappa shape index (κ2) is 5.36. The summed E-state index contributed by atoms with van der Waals surface area (Å²) in [6, 6.07) is 7.60. The first kappa shape index (κ1) is 12.1. The zero-order valence-corrected chi connectivity index (χ0v) is 10.7. The predicted octanol–water partition coefficient (Wildman–Crippen LogP) is 1.35. The maximum Gasteiger partial charge on any atom is 0.182 e. The number of aromatic nitrogens is 4. The van der Waals surface area contributed by atoms with Crippen LogP contribution in [0.3, 0.4) is 0 Å². The molecule has 0 spiro atoms. The third kappa shape index (κ3) is 2.73. The molecule has 6 nitrogen and oxygen atoms in total. The van der Waals surface area contributed by atoms with Gasteiger partial charge in [0.1, 0.15) is 0 Å². The van der Waals surface area contributed by atoms with Gasteiger partial charge in [-0.1, -0.05) is 0 Å². The number of anilines is 1. The zero-order valence-electron chi connectivity index (χ0n) is 10.7. The minimum atomic E-state index is 0.628. The Hall–Kier alpha value is -1.95. The predicted molar refractivity (Wildman–Crippen MR) is 71.2 cm³/mol. The first-order valence-electron chi connectivity index (χ1n) is 6.53. The molecule has 3 rings (SSSR count). The molecule has 1 aromatic heterocycles. The van der Waals surface area contributed by atoms with Crippen molar-refractivity contribution in [3.63, 3.8) is 0 Å². The van der Waals surface area contributed by atoms with Crippen LogP contribution in [-0.2, 0) is 11.3 Å². The first-order valence-corrected chi connectivity index (χ1v) is 6.53. The Balaban J connectivity index is 1.72. The van der Waals surface area contributed by atoms with Crippen LogP contribution in [0.4, 0.5) is 5.69 Å². The SMILES string of the molecule is Nc1ccc(-c2nnnn2CCC2CCOC2)cc1. The van der Waals surface area contributed by atoms with Crippen LogP contribution < -0.4 is 5.73 Å². The molecule has 0 bridgehead atoms. The van der Waals surface area contributed by atoms with Crippen LogP contribution in [0.2, 0.25) is 0 Å². The molecular formula is C13H17N5O. The number of rotatable bonds is 4. The van der Waals surface area contributed by atoms with Gasteiger partial charge in [0, 0.05) is 31.0 Å². The summed E-state index contributed by atoms with van der Waals surface area (Å²) >= 11 is 0. The molecular weight excluding hydrogens is 242 g/mol. The van der Waals surface area contributed by atoms with Crippen LogP contribution in [0.1, 0.15) is 12.8 Å². The first-order chi connectivity index (χ1) is 9.33. The van der Waals surface area contributed by atoms with E-state index in [9.17, 15) is 0 Å². The molecule has 1 saturated heterocycles. The van der Waals surface area contributed by atoms with E-state index in [-0.39, 0.29) is 0 Å². The van der Waals surface area contributed by atoms with E-state index in [1.165, 1.54) is 0 Å². The van der Waals surface area contributed by atoms with Gasteiger partial charge in [0.15, 0.2) is 5.82 Å². The zero-order chi connectivity index (χ0) is 13.1. The van der Waals surface area contributed by atoms with Crippen LogP contribution >= 0.6 is 0 Å². The van der Waals surface area contributed by atoms with Gasteiger partial charge in [0.05, 0.1) is 0 Å². The largest absolute Gasteiger partial charge is 0.399 e. The molecule has 1 aliphatic heterocycles. The fraction of sp³-hybridized carbons (Fsp3) is 0.462. The molecule has 1 fully saturated rings. The number of nitrogens with zero attached hydrogens (tertiary/aromatic N) is 4. The number of hydrogen-bond donors (Lipinski definition) is 1. The molecule has 0 amide bonds. The van der Waals surface area contributed by atoms with Crippen molar-refractivity contribution in [3.05, 3.63) is 24.3 Å². The number of nitrogens with two attached hydrogens (primary N) is 1. The van der Waals surface area contributed by atoms with E-state index in [1.807, 2.05) is 28.9 Å². The van der Waals surface area contributed by atoms with Crippen molar-refractivity contribution in [1.29, 1.82) is 0 Å². The molecule has 2 aromatic rings. The summed E-state index contributed by atoms with van der Waals surface area (Å²) in [6.07, 6.45) is 2.19. The van der Waals surface area contributed by atoms with E-state index in [1.54, 1.807) is 0 Å².